The second-order valence-corrected chi connectivity index (χ2v) is 9.84. The first-order chi connectivity index (χ1) is 18.9. The Labute approximate surface area is 226 Å². The molecule has 1 saturated heterocycles. The van der Waals surface area contributed by atoms with Crippen molar-refractivity contribution in [3.05, 3.63) is 66.6 Å². The van der Waals surface area contributed by atoms with Gasteiger partial charge < -0.3 is 25.3 Å². The van der Waals surface area contributed by atoms with E-state index in [1.165, 1.54) is 12.1 Å². The van der Waals surface area contributed by atoms with E-state index in [-0.39, 0.29) is 11.7 Å². The van der Waals surface area contributed by atoms with Crippen LogP contribution in [-0.4, -0.2) is 89.7 Å². The fraction of sp³-hybridized carbons (Fsp3) is 0.286. The summed E-state index contributed by atoms with van der Waals surface area (Å²) in [6.45, 7) is 3.96. The van der Waals surface area contributed by atoms with Crippen LogP contribution in [0.3, 0.4) is 0 Å². The molecule has 3 heterocycles. The molecule has 1 fully saturated rings. The van der Waals surface area contributed by atoms with E-state index in [1.807, 2.05) is 43.3 Å². The Morgan fingerprint density at radius 2 is 1.92 bits per heavy atom. The van der Waals surface area contributed by atoms with Crippen LogP contribution in [0.2, 0.25) is 0 Å². The molecule has 1 aliphatic rings. The first-order valence-electron chi connectivity index (χ1n) is 12.8. The second-order valence-electron chi connectivity index (χ2n) is 9.84. The highest BCUT2D eigenvalue weighted by molar-refractivity contribution is 6.00. The predicted octanol–water partition coefficient (Wildman–Crippen LogP) is 3.71. The van der Waals surface area contributed by atoms with Crippen molar-refractivity contribution in [3.8, 4) is 11.3 Å². The smallest absolute Gasteiger partial charge is 0.248 e. The van der Waals surface area contributed by atoms with E-state index in [0.717, 1.165) is 37.1 Å². The summed E-state index contributed by atoms with van der Waals surface area (Å²) in [4.78, 5) is 28.0. The van der Waals surface area contributed by atoms with Gasteiger partial charge in [-0.2, -0.15) is 10.1 Å². The van der Waals surface area contributed by atoms with E-state index in [2.05, 4.69) is 42.7 Å². The summed E-state index contributed by atoms with van der Waals surface area (Å²) in [6, 6.07) is 12.4. The number of halogens is 1. The number of benzene rings is 2. The van der Waals surface area contributed by atoms with Crippen LogP contribution in [0.25, 0.3) is 22.3 Å². The molecule has 0 unspecified atom stereocenters. The van der Waals surface area contributed by atoms with Gasteiger partial charge in [-0.05, 0) is 51.5 Å². The summed E-state index contributed by atoms with van der Waals surface area (Å²) in [6.07, 6.45) is 5.00. The molecule has 2 aromatic heterocycles. The number of H-pyrrole nitrogens is 1. The van der Waals surface area contributed by atoms with Crippen molar-refractivity contribution in [3.63, 3.8) is 0 Å². The van der Waals surface area contributed by atoms with Crippen molar-refractivity contribution in [2.45, 2.75) is 0 Å². The number of fused-ring (bicyclic) bond motifs is 1. The predicted molar refractivity (Wildman–Crippen MR) is 153 cm³/mol. The number of rotatable bonds is 8. The number of hydrogen-bond donors (Lipinski definition) is 3. The molecule has 202 valence electrons. The van der Waals surface area contributed by atoms with Crippen LogP contribution in [0.15, 0.2) is 60.8 Å². The van der Waals surface area contributed by atoms with Crippen molar-refractivity contribution >= 4 is 40.0 Å². The molecular formula is C28H32FN9O. The Kier molecular flexibility index (Phi) is 7.80. The zero-order valence-corrected chi connectivity index (χ0v) is 22.3. The van der Waals surface area contributed by atoms with Gasteiger partial charge in [-0.3, -0.25) is 9.89 Å². The van der Waals surface area contributed by atoms with Crippen molar-refractivity contribution < 1.29 is 9.18 Å². The van der Waals surface area contributed by atoms with Crippen LogP contribution in [0.5, 0.6) is 0 Å². The Hall–Kier alpha value is -4.35. The highest BCUT2D eigenvalue weighted by atomic mass is 19.1. The van der Waals surface area contributed by atoms with Gasteiger partial charge in [0.25, 0.3) is 0 Å². The Bertz CT molecular complexity index is 1490. The minimum Gasteiger partial charge on any atom is -0.367 e. The van der Waals surface area contributed by atoms with Gasteiger partial charge in [0.15, 0.2) is 5.65 Å². The molecule has 0 radical (unpaired) electrons. The van der Waals surface area contributed by atoms with Crippen molar-refractivity contribution in [1.82, 2.24) is 30.0 Å². The number of carbonyl (C=O) groups is 1. The molecule has 10 nitrogen and oxygen atoms in total. The summed E-state index contributed by atoms with van der Waals surface area (Å²) in [5, 5.41) is 13.9. The molecule has 0 bridgehead atoms. The highest BCUT2D eigenvalue weighted by Gasteiger charge is 2.18. The Morgan fingerprint density at radius 1 is 1.10 bits per heavy atom. The van der Waals surface area contributed by atoms with Crippen LogP contribution in [0.1, 0.15) is 0 Å². The van der Waals surface area contributed by atoms with Gasteiger partial charge in [-0.15, -0.1) is 0 Å². The maximum atomic E-state index is 14.7. The average Bonchev–Trinajstić information content (AvgIpc) is 3.38. The first-order valence-corrected chi connectivity index (χ1v) is 12.8. The number of piperazine rings is 1. The molecule has 0 aliphatic carbocycles. The summed E-state index contributed by atoms with van der Waals surface area (Å²) in [7, 11) is 5.95. The van der Waals surface area contributed by atoms with E-state index in [1.54, 1.807) is 24.4 Å². The molecule has 3 N–H and O–H groups in total. The number of anilines is 4. The van der Waals surface area contributed by atoms with E-state index in [4.69, 9.17) is 4.98 Å². The molecule has 4 aromatic rings. The molecule has 2 aromatic carbocycles. The lowest BCUT2D eigenvalue weighted by molar-refractivity contribution is -0.111. The van der Waals surface area contributed by atoms with Crippen LogP contribution in [0.4, 0.5) is 27.4 Å². The maximum absolute atomic E-state index is 14.7. The number of amides is 1. The molecule has 1 aliphatic heterocycles. The molecule has 0 spiro atoms. The lowest BCUT2D eigenvalue weighted by Crippen LogP contribution is -2.44. The van der Waals surface area contributed by atoms with E-state index in [9.17, 15) is 9.18 Å². The number of hydrogen-bond acceptors (Lipinski definition) is 8. The van der Waals surface area contributed by atoms with Crippen molar-refractivity contribution in [2.24, 2.45) is 0 Å². The maximum Gasteiger partial charge on any atom is 0.248 e. The number of likely N-dealkylation sites (N-methyl/N-ethyl adjacent to an activating group) is 2. The van der Waals surface area contributed by atoms with Gasteiger partial charge in [0.1, 0.15) is 5.82 Å². The second kappa shape index (κ2) is 11.6. The normalized spacial score (nSPS) is 14.4. The Balaban J connectivity index is 1.40. The molecule has 1 amide bonds. The third-order valence-electron chi connectivity index (χ3n) is 6.50. The minimum atomic E-state index is -0.258. The molecule has 11 heteroatoms. The quantitative estimate of drug-likeness (QED) is 0.297. The number of aromatic nitrogens is 4. The van der Waals surface area contributed by atoms with E-state index >= 15 is 0 Å². The minimum absolute atomic E-state index is 0.208. The van der Waals surface area contributed by atoms with Crippen molar-refractivity contribution in [1.29, 1.82) is 0 Å². The standard InChI is InChI=1S/C28H32FN9O/c1-36(2)11-5-8-25(39)31-20-7-4-6-19(16-20)26-22-18-30-35-27(22)34-28(33-26)32-21-9-10-23(29)24(17-21)38-14-12-37(3)13-15-38/h4-10,16-18H,11-15H2,1-3H3,(H,31,39)(H2,30,32,33,34,35)/b8-5+. The lowest BCUT2D eigenvalue weighted by atomic mass is 10.1. The fourth-order valence-corrected chi connectivity index (χ4v) is 4.42. The van der Waals surface area contributed by atoms with Gasteiger partial charge >= 0.3 is 0 Å². The lowest BCUT2D eigenvalue weighted by Gasteiger charge is -2.34. The van der Waals surface area contributed by atoms with Gasteiger partial charge in [-0.1, -0.05) is 18.2 Å². The van der Waals surface area contributed by atoms with Gasteiger partial charge in [0.2, 0.25) is 11.9 Å². The largest absolute Gasteiger partial charge is 0.367 e. The fourth-order valence-electron chi connectivity index (χ4n) is 4.42. The monoisotopic (exact) mass is 529 g/mol. The van der Waals surface area contributed by atoms with Crippen LogP contribution >= 0.6 is 0 Å². The van der Waals surface area contributed by atoms with Gasteiger partial charge in [-0.25, -0.2) is 9.37 Å². The third kappa shape index (κ3) is 6.39. The molecule has 0 atom stereocenters. The zero-order valence-electron chi connectivity index (χ0n) is 22.3. The topological polar surface area (TPSA) is 105 Å². The van der Waals surface area contributed by atoms with Crippen molar-refractivity contribution in [2.75, 3.05) is 69.4 Å². The van der Waals surface area contributed by atoms with Gasteiger partial charge in [0, 0.05) is 55.7 Å². The molecule has 5 rings (SSSR count). The molecular weight excluding hydrogens is 497 g/mol. The Morgan fingerprint density at radius 3 is 2.72 bits per heavy atom. The summed E-state index contributed by atoms with van der Waals surface area (Å²) < 4.78 is 14.7. The summed E-state index contributed by atoms with van der Waals surface area (Å²) >= 11 is 0. The summed E-state index contributed by atoms with van der Waals surface area (Å²) in [5.41, 5.74) is 3.88. The van der Waals surface area contributed by atoms with Gasteiger partial charge in [0.05, 0.1) is 23.0 Å². The first kappa shape index (κ1) is 26.3. The summed E-state index contributed by atoms with van der Waals surface area (Å²) in [5.74, 6) is -0.120. The molecule has 39 heavy (non-hydrogen) atoms. The number of nitrogens with zero attached hydrogens (tertiary/aromatic N) is 6. The van der Waals surface area contributed by atoms with Crippen LogP contribution < -0.4 is 15.5 Å². The number of nitrogens with one attached hydrogen (secondary N) is 3. The third-order valence-corrected chi connectivity index (χ3v) is 6.50. The van der Waals surface area contributed by atoms with Crippen LogP contribution in [0, 0.1) is 5.82 Å². The SMILES string of the molecule is CN(C)C/C=C/C(=O)Nc1cccc(-c2nc(Nc3ccc(F)c(N4CCN(C)CC4)c3)nc3[nH]ncc23)c1. The molecule has 0 saturated carbocycles. The van der Waals surface area contributed by atoms with Crippen LogP contribution in [-0.2, 0) is 4.79 Å². The zero-order chi connectivity index (χ0) is 27.4. The highest BCUT2D eigenvalue weighted by Crippen LogP contribution is 2.30. The van der Waals surface area contributed by atoms with E-state index < -0.39 is 0 Å². The number of carbonyl (C=O) groups excluding carboxylic acids is 1. The van der Waals surface area contributed by atoms with E-state index in [0.29, 0.717) is 40.9 Å². The number of aromatic amines is 1. The average molecular weight is 530 g/mol.